The third-order valence-corrected chi connectivity index (χ3v) is 7.40. The van der Waals surface area contributed by atoms with E-state index in [0.717, 1.165) is 72.5 Å². The van der Waals surface area contributed by atoms with Gasteiger partial charge in [0.2, 0.25) is 11.8 Å². The summed E-state index contributed by atoms with van der Waals surface area (Å²) in [6, 6.07) is 19.4. The van der Waals surface area contributed by atoms with E-state index in [1.807, 2.05) is 49.4 Å². The van der Waals surface area contributed by atoms with Crippen LogP contribution in [0.15, 0.2) is 54.6 Å². The lowest BCUT2D eigenvalue weighted by Gasteiger charge is -2.19. The van der Waals surface area contributed by atoms with Gasteiger partial charge in [-0.3, -0.25) is 9.29 Å². The number of aryl methyl sites for hydroxylation is 1. The standard InChI is InChI=1S/C32H33F2N3O2/c1-2-38-30-14-13-29(32(34)36-30)28-6-3-5-24-19-22(20-35)7-12-27(24)31(28)23-8-10-25(11-9-23)39-26-15-18-37(21-26)17-4-16-33/h7-14,19,26H,2-6,15-18,21H2,1H3/t26-/m0/s1. The van der Waals surface area contributed by atoms with Gasteiger partial charge in [0.15, 0.2) is 0 Å². The van der Waals surface area contributed by atoms with E-state index in [-0.39, 0.29) is 18.7 Å². The summed E-state index contributed by atoms with van der Waals surface area (Å²) in [6.45, 7) is 4.45. The summed E-state index contributed by atoms with van der Waals surface area (Å²) in [6.07, 6.45) is 3.86. The molecular formula is C32H33F2N3O2. The van der Waals surface area contributed by atoms with E-state index < -0.39 is 5.95 Å². The maximum Gasteiger partial charge on any atom is 0.223 e. The number of hydrogen-bond donors (Lipinski definition) is 0. The Hall–Kier alpha value is -3.76. The Kier molecular flexibility index (Phi) is 8.53. The second kappa shape index (κ2) is 12.4. The highest BCUT2D eigenvalue weighted by atomic mass is 19.1. The highest BCUT2D eigenvalue weighted by Crippen LogP contribution is 2.41. The molecule has 0 bridgehead atoms. The molecule has 39 heavy (non-hydrogen) atoms. The molecule has 0 N–H and O–H groups in total. The van der Waals surface area contributed by atoms with Gasteiger partial charge in [-0.25, -0.2) is 0 Å². The topological polar surface area (TPSA) is 58.4 Å². The fourth-order valence-electron chi connectivity index (χ4n) is 5.60. The summed E-state index contributed by atoms with van der Waals surface area (Å²) in [5, 5.41) is 9.47. The van der Waals surface area contributed by atoms with Gasteiger partial charge >= 0.3 is 0 Å². The number of aromatic nitrogens is 1. The van der Waals surface area contributed by atoms with Gasteiger partial charge in [0.05, 0.1) is 24.9 Å². The van der Waals surface area contributed by atoms with Gasteiger partial charge in [-0.05, 0) is 97.2 Å². The number of benzene rings is 2. The zero-order chi connectivity index (χ0) is 27.2. The van der Waals surface area contributed by atoms with Crippen molar-refractivity contribution in [3.8, 4) is 17.7 Å². The summed E-state index contributed by atoms with van der Waals surface area (Å²) < 4.78 is 39.6. The number of allylic oxidation sites excluding steroid dienone is 1. The number of rotatable bonds is 9. The van der Waals surface area contributed by atoms with Crippen LogP contribution in [0.3, 0.4) is 0 Å². The third kappa shape index (κ3) is 6.12. The highest BCUT2D eigenvalue weighted by Gasteiger charge is 2.25. The Morgan fingerprint density at radius 2 is 1.90 bits per heavy atom. The van der Waals surface area contributed by atoms with Crippen LogP contribution in [0.2, 0.25) is 0 Å². The van der Waals surface area contributed by atoms with Gasteiger partial charge < -0.3 is 9.47 Å². The molecule has 1 aliphatic heterocycles. The van der Waals surface area contributed by atoms with Crippen molar-refractivity contribution >= 4 is 11.1 Å². The van der Waals surface area contributed by atoms with Crippen LogP contribution in [0.1, 0.15) is 60.4 Å². The van der Waals surface area contributed by atoms with Crippen molar-refractivity contribution in [3.63, 3.8) is 0 Å². The largest absolute Gasteiger partial charge is 0.489 e. The van der Waals surface area contributed by atoms with Gasteiger partial charge in [0.1, 0.15) is 11.9 Å². The van der Waals surface area contributed by atoms with Gasteiger partial charge in [-0.2, -0.15) is 14.6 Å². The Bertz CT molecular complexity index is 1380. The number of nitriles is 1. The minimum Gasteiger partial charge on any atom is -0.489 e. The zero-order valence-corrected chi connectivity index (χ0v) is 22.3. The van der Waals surface area contributed by atoms with Crippen molar-refractivity contribution in [2.75, 3.05) is 32.9 Å². The fraction of sp³-hybridized carbons (Fsp3) is 0.375. The Morgan fingerprint density at radius 1 is 1.08 bits per heavy atom. The Balaban J connectivity index is 1.50. The molecule has 5 nitrogen and oxygen atoms in total. The first-order valence-corrected chi connectivity index (χ1v) is 13.7. The monoisotopic (exact) mass is 529 g/mol. The highest BCUT2D eigenvalue weighted by molar-refractivity contribution is 6.00. The molecule has 2 aromatic carbocycles. The van der Waals surface area contributed by atoms with Crippen molar-refractivity contribution < 1.29 is 18.3 Å². The van der Waals surface area contributed by atoms with Gasteiger partial charge in [0.25, 0.3) is 0 Å². The van der Waals surface area contributed by atoms with Crippen LogP contribution >= 0.6 is 0 Å². The Labute approximate surface area is 228 Å². The van der Waals surface area contributed by atoms with Crippen molar-refractivity contribution in [2.24, 2.45) is 0 Å². The van der Waals surface area contributed by atoms with Crippen molar-refractivity contribution in [1.29, 1.82) is 5.26 Å². The van der Waals surface area contributed by atoms with E-state index in [1.165, 1.54) is 0 Å². The lowest BCUT2D eigenvalue weighted by molar-refractivity contribution is 0.198. The van der Waals surface area contributed by atoms with Crippen molar-refractivity contribution in [2.45, 2.75) is 45.1 Å². The second-order valence-corrected chi connectivity index (χ2v) is 10.0. The van der Waals surface area contributed by atoms with Crippen LogP contribution in [0.4, 0.5) is 8.78 Å². The number of ether oxygens (including phenoxy) is 2. The first kappa shape index (κ1) is 26.8. The molecule has 1 atom stereocenters. The average molecular weight is 530 g/mol. The van der Waals surface area contributed by atoms with Gasteiger partial charge in [0, 0.05) is 31.3 Å². The summed E-state index contributed by atoms with van der Waals surface area (Å²) in [5.41, 5.74) is 5.95. The van der Waals surface area contributed by atoms with Crippen molar-refractivity contribution in [1.82, 2.24) is 9.88 Å². The van der Waals surface area contributed by atoms with Crippen LogP contribution < -0.4 is 9.47 Å². The predicted molar refractivity (Wildman–Crippen MR) is 148 cm³/mol. The third-order valence-electron chi connectivity index (χ3n) is 7.40. The zero-order valence-electron chi connectivity index (χ0n) is 22.3. The molecule has 1 saturated heterocycles. The smallest absolute Gasteiger partial charge is 0.223 e. The summed E-state index contributed by atoms with van der Waals surface area (Å²) in [4.78, 5) is 6.31. The number of pyridine rings is 1. The fourth-order valence-corrected chi connectivity index (χ4v) is 5.60. The molecule has 7 heteroatoms. The van der Waals surface area contributed by atoms with E-state index >= 15 is 4.39 Å². The number of likely N-dealkylation sites (tertiary alicyclic amines) is 1. The predicted octanol–water partition coefficient (Wildman–Crippen LogP) is 6.60. The normalized spacial score (nSPS) is 17.4. The molecule has 0 spiro atoms. The molecule has 1 aromatic heterocycles. The molecule has 0 amide bonds. The lowest BCUT2D eigenvalue weighted by Crippen LogP contribution is -2.26. The van der Waals surface area contributed by atoms with Gasteiger partial charge in [-0.1, -0.05) is 18.2 Å². The van der Waals surface area contributed by atoms with E-state index in [1.54, 1.807) is 12.1 Å². The first-order valence-electron chi connectivity index (χ1n) is 13.7. The summed E-state index contributed by atoms with van der Waals surface area (Å²) in [7, 11) is 0. The van der Waals surface area contributed by atoms with E-state index in [0.29, 0.717) is 30.6 Å². The number of halogens is 2. The second-order valence-electron chi connectivity index (χ2n) is 10.0. The molecule has 2 heterocycles. The van der Waals surface area contributed by atoms with Crippen LogP contribution in [0.25, 0.3) is 11.1 Å². The lowest BCUT2D eigenvalue weighted by atomic mass is 9.87. The number of alkyl halides is 1. The van der Waals surface area contributed by atoms with E-state index in [4.69, 9.17) is 9.47 Å². The first-order chi connectivity index (χ1) is 19.1. The molecular weight excluding hydrogens is 496 g/mol. The number of nitrogens with zero attached hydrogens (tertiary/aromatic N) is 3. The SMILES string of the molecule is CCOc1ccc(C2=C(c3ccc(O[C@H]4CCN(CCCF)C4)cc3)c3ccc(C#N)cc3CCC2)c(F)n1. The Morgan fingerprint density at radius 3 is 2.64 bits per heavy atom. The molecule has 1 aliphatic carbocycles. The molecule has 3 aromatic rings. The minimum absolute atomic E-state index is 0.0808. The van der Waals surface area contributed by atoms with Gasteiger partial charge in [-0.15, -0.1) is 0 Å². The summed E-state index contributed by atoms with van der Waals surface area (Å²) >= 11 is 0. The quantitative estimate of drug-likeness (QED) is 0.292. The van der Waals surface area contributed by atoms with Crippen LogP contribution in [0.5, 0.6) is 11.6 Å². The number of fused-ring (bicyclic) bond motifs is 1. The maximum atomic E-state index is 15.4. The molecule has 0 radical (unpaired) electrons. The molecule has 0 unspecified atom stereocenters. The van der Waals surface area contributed by atoms with Crippen molar-refractivity contribution in [3.05, 3.63) is 88.4 Å². The molecule has 5 rings (SSSR count). The average Bonchev–Trinajstić information content (AvgIpc) is 3.31. The maximum absolute atomic E-state index is 15.4. The molecule has 202 valence electrons. The van der Waals surface area contributed by atoms with E-state index in [9.17, 15) is 9.65 Å². The number of hydrogen-bond acceptors (Lipinski definition) is 5. The molecule has 1 fully saturated rings. The molecule has 2 aliphatic rings. The summed E-state index contributed by atoms with van der Waals surface area (Å²) in [5.74, 6) is 0.495. The minimum atomic E-state index is -0.552. The van der Waals surface area contributed by atoms with Crippen LogP contribution in [0, 0.1) is 17.3 Å². The van der Waals surface area contributed by atoms with Crippen LogP contribution in [-0.4, -0.2) is 48.9 Å². The van der Waals surface area contributed by atoms with E-state index in [2.05, 4.69) is 16.0 Å². The van der Waals surface area contributed by atoms with Crippen LogP contribution in [-0.2, 0) is 6.42 Å². The molecule has 0 saturated carbocycles.